The Bertz CT molecular complexity index is 198. The molecule has 1 amide bonds. The lowest BCUT2D eigenvalue weighted by atomic mass is 10.2. The molecule has 0 saturated heterocycles. The van der Waals surface area contributed by atoms with Crippen LogP contribution in [0.3, 0.4) is 0 Å². The summed E-state index contributed by atoms with van der Waals surface area (Å²) in [7, 11) is 0. The molecule has 0 aliphatic heterocycles. The van der Waals surface area contributed by atoms with Gasteiger partial charge in [-0.15, -0.1) is 12.4 Å². The lowest BCUT2D eigenvalue weighted by Gasteiger charge is -2.09. The van der Waals surface area contributed by atoms with Crippen molar-refractivity contribution >= 4 is 18.3 Å². The van der Waals surface area contributed by atoms with Gasteiger partial charge in [-0.3, -0.25) is 4.79 Å². The molecule has 0 bridgehead atoms. The first-order valence-corrected chi connectivity index (χ1v) is 5.87. The van der Waals surface area contributed by atoms with Crippen LogP contribution in [-0.2, 0) is 4.79 Å². The highest BCUT2D eigenvalue weighted by Gasteiger charge is 2.20. The highest BCUT2D eigenvalue weighted by atomic mass is 35.5. The van der Waals surface area contributed by atoms with Crippen molar-refractivity contribution in [2.45, 2.75) is 38.7 Å². The molecule has 0 heterocycles. The molecule has 0 radical (unpaired) electrons. The van der Waals surface area contributed by atoms with Crippen LogP contribution in [0.4, 0.5) is 0 Å². The molecule has 96 valence electrons. The highest BCUT2D eigenvalue weighted by molar-refractivity contribution is 5.85. The number of halogens is 1. The van der Waals surface area contributed by atoms with Gasteiger partial charge in [-0.1, -0.05) is 6.92 Å². The maximum atomic E-state index is 11.3. The van der Waals surface area contributed by atoms with E-state index in [1.807, 2.05) is 6.92 Å². The summed E-state index contributed by atoms with van der Waals surface area (Å²) in [5.74, 6) is 0.832. The Balaban J connectivity index is 0.00000225. The number of nitrogens with one attached hydrogen (secondary N) is 2. The Hall–Kier alpha value is -0.320. The first-order chi connectivity index (χ1) is 7.22. The van der Waals surface area contributed by atoms with Crippen LogP contribution in [0.1, 0.15) is 32.6 Å². The van der Waals surface area contributed by atoms with Crippen molar-refractivity contribution in [1.82, 2.24) is 10.6 Å². The zero-order valence-corrected chi connectivity index (χ0v) is 10.7. The number of amides is 1. The first-order valence-electron chi connectivity index (χ1n) is 5.87. The molecule has 1 aliphatic carbocycles. The van der Waals surface area contributed by atoms with Gasteiger partial charge in [-0.05, 0) is 38.1 Å². The zero-order valence-electron chi connectivity index (χ0n) is 9.87. The van der Waals surface area contributed by atoms with E-state index in [1.54, 1.807) is 0 Å². The molecule has 3 N–H and O–H groups in total. The van der Waals surface area contributed by atoms with Crippen molar-refractivity contribution in [3.8, 4) is 0 Å². The normalized spacial score (nSPS) is 16.4. The van der Waals surface area contributed by atoms with E-state index < -0.39 is 0 Å². The van der Waals surface area contributed by atoms with Gasteiger partial charge in [0.15, 0.2) is 0 Å². The van der Waals surface area contributed by atoms with Crippen molar-refractivity contribution in [3.05, 3.63) is 0 Å². The van der Waals surface area contributed by atoms with Gasteiger partial charge in [-0.2, -0.15) is 0 Å². The Kier molecular flexibility index (Phi) is 8.61. The second-order valence-corrected chi connectivity index (χ2v) is 4.27. The van der Waals surface area contributed by atoms with E-state index in [2.05, 4.69) is 10.6 Å². The molecule has 1 aliphatic rings. The molecule has 4 nitrogen and oxygen atoms in total. The molecular weight excluding hydrogens is 228 g/mol. The van der Waals surface area contributed by atoms with E-state index >= 15 is 0 Å². The number of aliphatic hydroxyl groups excluding tert-OH is 1. The number of hydrogen-bond acceptors (Lipinski definition) is 3. The largest absolute Gasteiger partial charge is 0.393 e. The van der Waals surface area contributed by atoms with Gasteiger partial charge >= 0.3 is 0 Å². The van der Waals surface area contributed by atoms with Gasteiger partial charge in [0.1, 0.15) is 0 Å². The van der Waals surface area contributed by atoms with Crippen LogP contribution in [0.15, 0.2) is 0 Å². The number of rotatable bonds is 8. The molecular formula is C11H23ClN2O2. The molecule has 0 aromatic rings. The monoisotopic (exact) mass is 250 g/mol. The first kappa shape index (κ1) is 15.7. The second-order valence-electron chi connectivity index (χ2n) is 4.27. The average Bonchev–Trinajstić information content (AvgIpc) is 3.01. The maximum absolute atomic E-state index is 11.3. The standard InChI is InChI=1S/C11H22N2O2.ClH/c1-2-10(14)5-6-13-11(15)8-12-7-9-3-4-9;/h9-10,12,14H,2-8H2,1H3,(H,13,15);1H. The van der Waals surface area contributed by atoms with Gasteiger partial charge in [-0.25, -0.2) is 0 Å². The minimum absolute atomic E-state index is 0. The van der Waals surface area contributed by atoms with Gasteiger partial charge < -0.3 is 15.7 Å². The maximum Gasteiger partial charge on any atom is 0.233 e. The molecule has 0 spiro atoms. The molecule has 1 unspecified atom stereocenters. The third kappa shape index (κ3) is 7.91. The Morgan fingerprint density at radius 2 is 2.19 bits per heavy atom. The molecule has 0 aromatic carbocycles. The molecule has 1 atom stereocenters. The molecule has 1 fully saturated rings. The predicted octanol–water partition coefficient (Wildman–Crippen LogP) is 0.685. The molecule has 1 saturated carbocycles. The fraction of sp³-hybridized carbons (Fsp3) is 0.909. The van der Waals surface area contributed by atoms with E-state index in [0.29, 0.717) is 19.5 Å². The highest BCUT2D eigenvalue weighted by Crippen LogP contribution is 2.27. The summed E-state index contributed by atoms with van der Waals surface area (Å²) < 4.78 is 0. The van der Waals surface area contributed by atoms with E-state index in [1.165, 1.54) is 12.8 Å². The Morgan fingerprint density at radius 3 is 2.75 bits per heavy atom. The van der Waals surface area contributed by atoms with Gasteiger partial charge in [0, 0.05) is 6.54 Å². The quantitative estimate of drug-likeness (QED) is 0.594. The van der Waals surface area contributed by atoms with Crippen molar-refractivity contribution in [3.63, 3.8) is 0 Å². The van der Waals surface area contributed by atoms with Crippen LogP contribution in [0.2, 0.25) is 0 Å². The number of carbonyl (C=O) groups is 1. The van der Waals surface area contributed by atoms with E-state index in [-0.39, 0.29) is 24.4 Å². The SMILES string of the molecule is CCC(O)CCNC(=O)CNCC1CC1.Cl. The molecule has 0 aromatic heterocycles. The summed E-state index contributed by atoms with van der Waals surface area (Å²) in [6.07, 6.45) is 3.71. The zero-order chi connectivity index (χ0) is 11.1. The van der Waals surface area contributed by atoms with E-state index in [4.69, 9.17) is 0 Å². The van der Waals surface area contributed by atoms with Crippen LogP contribution < -0.4 is 10.6 Å². The van der Waals surface area contributed by atoms with Crippen LogP contribution in [0.25, 0.3) is 0 Å². The van der Waals surface area contributed by atoms with Gasteiger partial charge in [0.25, 0.3) is 0 Å². The third-order valence-corrected chi connectivity index (χ3v) is 2.69. The van der Waals surface area contributed by atoms with Crippen LogP contribution in [-0.4, -0.2) is 36.8 Å². The number of hydrogen-bond donors (Lipinski definition) is 3. The van der Waals surface area contributed by atoms with Crippen molar-refractivity contribution < 1.29 is 9.90 Å². The summed E-state index contributed by atoms with van der Waals surface area (Å²) in [6, 6.07) is 0. The van der Waals surface area contributed by atoms with Gasteiger partial charge in [0.05, 0.1) is 12.6 Å². The summed E-state index contributed by atoms with van der Waals surface area (Å²) in [5.41, 5.74) is 0. The Morgan fingerprint density at radius 1 is 1.50 bits per heavy atom. The number of carbonyl (C=O) groups excluding carboxylic acids is 1. The summed E-state index contributed by atoms with van der Waals surface area (Å²) in [5, 5.41) is 15.2. The average molecular weight is 251 g/mol. The van der Waals surface area contributed by atoms with E-state index in [9.17, 15) is 9.90 Å². The fourth-order valence-electron chi connectivity index (χ4n) is 1.36. The van der Waals surface area contributed by atoms with Crippen LogP contribution in [0, 0.1) is 5.92 Å². The minimum Gasteiger partial charge on any atom is -0.393 e. The lowest BCUT2D eigenvalue weighted by Crippen LogP contribution is -2.36. The predicted molar refractivity (Wildman–Crippen MR) is 66.8 cm³/mol. The molecule has 1 rings (SSSR count). The number of aliphatic hydroxyl groups is 1. The van der Waals surface area contributed by atoms with Gasteiger partial charge in [0.2, 0.25) is 5.91 Å². The van der Waals surface area contributed by atoms with Crippen molar-refractivity contribution in [2.75, 3.05) is 19.6 Å². The van der Waals surface area contributed by atoms with E-state index in [0.717, 1.165) is 18.9 Å². The smallest absolute Gasteiger partial charge is 0.233 e. The second kappa shape index (κ2) is 8.79. The van der Waals surface area contributed by atoms with Crippen molar-refractivity contribution in [2.24, 2.45) is 5.92 Å². The lowest BCUT2D eigenvalue weighted by molar-refractivity contribution is -0.120. The van der Waals surface area contributed by atoms with Crippen LogP contribution >= 0.6 is 12.4 Å². The topological polar surface area (TPSA) is 61.4 Å². The summed E-state index contributed by atoms with van der Waals surface area (Å²) >= 11 is 0. The Labute approximate surface area is 104 Å². The van der Waals surface area contributed by atoms with Crippen molar-refractivity contribution in [1.29, 1.82) is 0 Å². The third-order valence-electron chi connectivity index (χ3n) is 2.69. The fourth-order valence-corrected chi connectivity index (χ4v) is 1.36. The van der Waals surface area contributed by atoms with Crippen LogP contribution in [0.5, 0.6) is 0 Å². The minimum atomic E-state index is -0.287. The summed E-state index contributed by atoms with van der Waals surface area (Å²) in [6.45, 7) is 3.87. The molecule has 5 heteroatoms. The summed E-state index contributed by atoms with van der Waals surface area (Å²) in [4.78, 5) is 11.3. The molecule has 16 heavy (non-hydrogen) atoms.